The highest BCUT2D eigenvalue weighted by molar-refractivity contribution is 7.99. The van der Waals surface area contributed by atoms with E-state index in [1.807, 2.05) is 43.5 Å². The minimum atomic E-state index is -0.315. The van der Waals surface area contributed by atoms with E-state index in [-0.39, 0.29) is 23.8 Å². The number of hydrogen-bond acceptors (Lipinski definition) is 3. The van der Waals surface area contributed by atoms with Crippen molar-refractivity contribution >= 4 is 17.7 Å². The van der Waals surface area contributed by atoms with Crippen molar-refractivity contribution in [3.05, 3.63) is 35.9 Å². The zero-order chi connectivity index (χ0) is 12.7. The lowest BCUT2D eigenvalue weighted by molar-refractivity contribution is -0.121. The van der Waals surface area contributed by atoms with E-state index in [9.17, 15) is 9.90 Å². The Balaban J connectivity index is 2.68. The molecule has 0 aliphatic heterocycles. The molecule has 1 aromatic rings. The summed E-state index contributed by atoms with van der Waals surface area (Å²) < 4.78 is 0. The normalized spacial score (nSPS) is 14.1. The molecule has 0 radical (unpaired) electrons. The van der Waals surface area contributed by atoms with E-state index in [4.69, 9.17) is 0 Å². The van der Waals surface area contributed by atoms with Crippen molar-refractivity contribution < 1.29 is 9.90 Å². The number of hydrogen-bond donors (Lipinski definition) is 2. The van der Waals surface area contributed by atoms with Crippen molar-refractivity contribution in [2.75, 3.05) is 12.9 Å². The molecular weight excluding hydrogens is 234 g/mol. The quantitative estimate of drug-likeness (QED) is 0.815. The standard InChI is InChI=1S/C13H19NO2S/c1-3-12(17-2)13(16)14-11(9-15)10-7-5-4-6-8-10/h4-8,11-12,15H,3,9H2,1-2H3,(H,14,16)/t11-,12-/m0/s1. The summed E-state index contributed by atoms with van der Waals surface area (Å²) >= 11 is 1.53. The Labute approximate surface area is 107 Å². The molecule has 0 aliphatic rings. The van der Waals surface area contributed by atoms with Crippen LogP contribution in [0, 0.1) is 0 Å². The van der Waals surface area contributed by atoms with Crippen LogP contribution in [0.15, 0.2) is 30.3 Å². The molecule has 0 heterocycles. The van der Waals surface area contributed by atoms with E-state index in [0.29, 0.717) is 0 Å². The number of carbonyl (C=O) groups excluding carboxylic acids is 1. The van der Waals surface area contributed by atoms with Gasteiger partial charge in [0.15, 0.2) is 0 Å². The maximum atomic E-state index is 11.9. The summed E-state index contributed by atoms with van der Waals surface area (Å²) in [5, 5.41) is 12.2. The number of benzene rings is 1. The fraction of sp³-hybridized carbons (Fsp3) is 0.462. The Morgan fingerprint density at radius 3 is 2.53 bits per heavy atom. The Morgan fingerprint density at radius 2 is 2.06 bits per heavy atom. The van der Waals surface area contributed by atoms with E-state index < -0.39 is 0 Å². The van der Waals surface area contributed by atoms with Crippen LogP contribution >= 0.6 is 11.8 Å². The van der Waals surface area contributed by atoms with Gasteiger partial charge >= 0.3 is 0 Å². The molecule has 1 rings (SSSR count). The van der Waals surface area contributed by atoms with Crippen molar-refractivity contribution in [1.82, 2.24) is 5.32 Å². The van der Waals surface area contributed by atoms with Crippen LogP contribution in [-0.2, 0) is 4.79 Å². The highest BCUT2D eigenvalue weighted by atomic mass is 32.2. The zero-order valence-electron chi connectivity index (χ0n) is 10.2. The van der Waals surface area contributed by atoms with Gasteiger partial charge < -0.3 is 10.4 Å². The topological polar surface area (TPSA) is 49.3 Å². The van der Waals surface area contributed by atoms with Crippen LogP contribution < -0.4 is 5.32 Å². The van der Waals surface area contributed by atoms with E-state index >= 15 is 0 Å². The fourth-order valence-electron chi connectivity index (χ4n) is 1.64. The van der Waals surface area contributed by atoms with Gasteiger partial charge in [-0.25, -0.2) is 0 Å². The molecule has 1 aromatic carbocycles. The second kappa shape index (κ2) is 7.35. The van der Waals surface area contributed by atoms with Crippen LogP contribution in [0.25, 0.3) is 0 Å². The third kappa shape index (κ3) is 4.06. The largest absolute Gasteiger partial charge is 0.394 e. The van der Waals surface area contributed by atoms with E-state index in [0.717, 1.165) is 12.0 Å². The molecule has 2 N–H and O–H groups in total. The first-order chi connectivity index (χ1) is 8.22. The number of amides is 1. The van der Waals surface area contributed by atoms with Crippen molar-refractivity contribution in [2.45, 2.75) is 24.6 Å². The maximum absolute atomic E-state index is 11.9. The van der Waals surface area contributed by atoms with Gasteiger partial charge in [0, 0.05) is 0 Å². The van der Waals surface area contributed by atoms with E-state index in [1.54, 1.807) is 0 Å². The predicted molar refractivity (Wildman–Crippen MR) is 72.0 cm³/mol. The number of carbonyl (C=O) groups is 1. The van der Waals surface area contributed by atoms with Gasteiger partial charge in [-0.05, 0) is 18.2 Å². The summed E-state index contributed by atoms with van der Waals surface area (Å²) in [5.41, 5.74) is 0.930. The van der Waals surface area contributed by atoms with E-state index in [2.05, 4.69) is 5.32 Å². The molecule has 3 nitrogen and oxygen atoms in total. The molecule has 0 spiro atoms. The van der Waals surface area contributed by atoms with Crippen LogP contribution in [0.3, 0.4) is 0 Å². The van der Waals surface area contributed by atoms with Crippen LogP contribution in [0.1, 0.15) is 24.9 Å². The van der Waals surface area contributed by atoms with Crippen LogP contribution in [-0.4, -0.2) is 29.1 Å². The molecule has 4 heteroatoms. The average Bonchev–Trinajstić information content (AvgIpc) is 2.38. The lowest BCUT2D eigenvalue weighted by Crippen LogP contribution is -2.36. The first-order valence-corrected chi connectivity index (χ1v) is 7.00. The smallest absolute Gasteiger partial charge is 0.233 e. The lowest BCUT2D eigenvalue weighted by Gasteiger charge is -2.20. The predicted octanol–water partition coefficient (Wildman–Crippen LogP) is 1.98. The maximum Gasteiger partial charge on any atom is 0.233 e. The Bertz CT molecular complexity index is 339. The molecule has 2 atom stereocenters. The van der Waals surface area contributed by atoms with Crippen molar-refractivity contribution in [3.63, 3.8) is 0 Å². The SMILES string of the molecule is CC[C@H](SC)C(=O)N[C@@H](CO)c1ccccc1. The highest BCUT2D eigenvalue weighted by Crippen LogP contribution is 2.15. The Kier molecular flexibility index (Phi) is 6.08. The molecular formula is C13H19NO2S. The molecule has 0 fully saturated rings. The molecule has 0 aromatic heterocycles. The van der Waals surface area contributed by atoms with Gasteiger partial charge in [0.05, 0.1) is 17.9 Å². The number of rotatable bonds is 6. The van der Waals surface area contributed by atoms with Gasteiger partial charge in [-0.1, -0.05) is 37.3 Å². The number of aliphatic hydroxyl groups excluding tert-OH is 1. The van der Waals surface area contributed by atoms with Gasteiger partial charge in [0.25, 0.3) is 0 Å². The molecule has 0 unspecified atom stereocenters. The fourth-order valence-corrected chi connectivity index (χ4v) is 2.26. The minimum Gasteiger partial charge on any atom is -0.394 e. The monoisotopic (exact) mass is 253 g/mol. The number of nitrogens with one attached hydrogen (secondary N) is 1. The second-order valence-corrected chi connectivity index (χ2v) is 4.83. The summed E-state index contributed by atoms with van der Waals surface area (Å²) in [7, 11) is 0. The minimum absolute atomic E-state index is 0.0112. The van der Waals surface area contributed by atoms with Crippen LogP contribution in [0.2, 0.25) is 0 Å². The summed E-state index contributed by atoms with van der Waals surface area (Å²) in [4.78, 5) is 11.9. The van der Waals surface area contributed by atoms with Gasteiger partial charge in [0.1, 0.15) is 0 Å². The molecule has 0 saturated carbocycles. The van der Waals surface area contributed by atoms with Crippen molar-refractivity contribution in [1.29, 1.82) is 0 Å². The van der Waals surface area contributed by atoms with Crippen LogP contribution in [0.5, 0.6) is 0 Å². The van der Waals surface area contributed by atoms with E-state index in [1.165, 1.54) is 11.8 Å². The third-order valence-corrected chi connectivity index (χ3v) is 3.77. The number of thioether (sulfide) groups is 1. The highest BCUT2D eigenvalue weighted by Gasteiger charge is 2.19. The first kappa shape index (κ1) is 14.1. The summed E-state index contributed by atoms with van der Waals surface area (Å²) in [6, 6.07) is 9.20. The molecule has 0 saturated heterocycles. The van der Waals surface area contributed by atoms with Crippen molar-refractivity contribution in [3.8, 4) is 0 Å². The van der Waals surface area contributed by atoms with Gasteiger partial charge in [-0.2, -0.15) is 11.8 Å². The summed E-state index contributed by atoms with van der Waals surface area (Å²) in [6.07, 6.45) is 2.71. The Morgan fingerprint density at radius 1 is 1.41 bits per heavy atom. The van der Waals surface area contributed by atoms with Crippen LogP contribution in [0.4, 0.5) is 0 Å². The summed E-state index contributed by atoms with van der Waals surface area (Å²) in [5.74, 6) is -0.0112. The van der Waals surface area contributed by atoms with Gasteiger partial charge in [-0.15, -0.1) is 0 Å². The zero-order valence-corrected chi connectivity index (χ0v) is 11.0. The van der Waals surface area contributed by atoms with Gasteiger partial charge in [-0.3, -0.25) is 4.79 Å². The molecule has 94 valence electrons. The third-order valence-electron chi connectivity index (χ3n) is 2.65. The average molecular weight is 253 g/mol. The van der Waals surface area contributed by atoms with Crippen molar-refractivity contribution in [2.24, 2.45) is 0 Å². The molecule has 1 amide bonds. The lowest BCUT2D eigenvalue weighted by atomic mass is 10.1. The number of aliphatic hydroxyl groups is 1. The molecule has 0 aliphatic carbocycles. The first-order valence-electron chi connectivity index (χ1n) is 5.71. The van der Waals surface area contributed by atoms with Gasteiger partial charge in [0.2, 0.25) is 5.91 Å². The molecule has 0 bridgehead atoms. The summed E-state index contributed by atoms with van der Waals surface area (Å²) in [6.45, 7) is 1.90. The second-order valence-electron chi connectivity index (χ2n) is 3.79. The molecule has 17 heavy (non-hydrogen) atoms. The Hall–Kier alpha value is -1.00.